The van der Waals surface area contributed by atoms with E-state index in [2.05, 4.69) is 80.6 Å². The first-order valence-corrected chi connectivity index (χ1v) is 10.9. The molecule has 1 aromatic heterocycles. The van der Waals surface area contributed by atoms with Crippen LogP contribution in [0.4, 0.5) is 4.39 Å². The Morgan fingerprint density at radius 3 is 2.00 bits per heavy atom. The van der Waals surface area contributed by atoms with E-state index in [4.69, 9.17) is 0 Å². The molecule has 0 radical (unpaired) electrons. The molecule has 0 fully saturated rings. The first kappa shape index (κ1) is 17.0. The quantitative estimate of drug-likeness (QED) is 0.400. The lowest BCUT2D eigenvalue weighted by Gasteiger charge is -2.44. The van der Waals surface area contributed by atoms with Gasteiger partial charge in [0.1, 0.15) is 5.82 Å². The van der Waals surface area contributed by atoms with E-state index in [1.807, 2.05) is 6.07 Å². The van der Waals surface area contributed by atoms with Gasteiger partial charge in [-0.3, -0.25) is 0 Å². The summed E-state index contributed by atoms with van der Waals surface area (Å²) in [5, 5.41) is 1.15. The summed E-state index contributed by atoms with van der Waals surface area (Å²) in [6.07, 6.45) is 2.20. The monoisotopic (exact) mass is 417 g/mol. The van der Waals surface area contributed by atoms with E-state index in [-0.39, 0.29) is 5.82 Å². The predicted octanol–water partition coefficient (Wildman–Crippen LogP) is 6.41. The van der Waals surface area contributed by atoms with Gasteiger partial charge in [0.2, 0.25) is 0 Å². The molecule has 0 aliphatic carbocycles. The minimum atomic E-state index is -1.81. The molecule has 1 nitrogen and oxygen atoms in total. The van der Waals surface area contributed by atoms with Gasteiger partial charge in [0.05, 0.1) is 0 Å². The van der Waals surface area contributed by atoms with Crippen LogP contribution >= 0.6 is 22.6 Å². The smallest absolute Gasteiger partial charge is 0.169 e. The molecule has 116 valence electrons. The molecule has 0 saturated carbocycles. The molecule has 21 heavy (non-hydrogen) atoms. The molecule has 4 heteroatoms. The van der Waals surface area contributed by atoms with Crippen LogP contribution in [0.2, 0.25) is 16.6 Å². The molecule has 0 atom stereocenters. The second-order valence-electron chi connectivity index (χ2n) is 6.86. The van der Waals surface area contributed by atoms with Gasteiger partial charge in [0.15, 0.2) is 8.24 Å². The van der Waals surface area contributed by atoms with Crippen LogP contribution in [0.1, 0.15) is 41.5 Å². The lowest BCUT2D eigenvalue weighted by Crippen LogP contribution is -2.51. The molecule has 0 spiro atoms. The summed E-state index contributed by atoms with van der Waals surface area (Å²) in [6, 6.07) is 5.83. The van der Waals surface area contributed by atoms with Gasteiger partial charge in [-0.2, -0.15) is 0 Å². The van der Waals surface area contributed by atoms with Gasteiger partial charge >= 0.3 is 0 Å². The standard InChI is InChI=1S/C17H25FINSi/c1-11(2)21(12(3)4,13(5)6)20-8-7-14-9-16(19)15(18)10-17(14)20/h7-13H,1-6H3. The fourth-order valence-electron chi connectivity index (χ4n) is 4.30. The SMILES string of the molecule is CC(C)[Si](C(C)C)(C(C)C)n1ccc2cc(I)c(F)cc21. The Balaban J connectivity index is 2.80. The average molecular weight is 417 g/mol. The molecule has 0 N–H and O–H groups in total. The predicted molar refractivity (Wildman–Crippen MR) is 101 cm³/mol. The summed E-state index contributed by atoms with van der Waals surface area (Å²) in [6.45, 7) is 14.0. The third-order valence-electron chi connectivity index (χ3n) is 4.92. The number of nitrogens with zero attached hydrogens (tertiary/aromatic N) is 1. The van der Waals surface area contributed by atoms with Gasteiger partial charge in [0, 0.05) is 14.5 Å². The second-order valence-corrected chi connectivity index (χ2v) is 13.7. The van der Waals surface area contributed by atoms with Crippen LogP contribution in [-0.4, -0.2) is 12.5 Å². The van der Waals surface area contributed by atoms with Crippen LogP contribution in [0.5, 0.6) is 0 Å². The summed E-state index contributed by atoms with van der Waals surface area (Å²) in [4.78, 5) is 0. The van der Waals surface area contributed by atoms with E-state index in [1.54, 1.807) is 6.07 Å². The Morgan fingerprint density at radius 2 is 1.52 bits per heavy atom. The minimum absolute atomic E-state index is 0.109. The molecular formula is C17H25FINSi. The molecule has 0 aliphatic rings. The third-order valence-corrected chi connectivity index (χ3v) is 12.5. The van der Waals surface area contributed by atoms with E-state index >= 15 is 0 Å². The van der Waals surface area contributed by atoms with Crippen molar-refractivity contribution in [3.8, 4) is 0 Å². The van der Waals surface area contributed by atoms with Crippen LogP contribution < -0.4 is 0 Å². The molecular weight excluding hydrogens is 392 g/mol. The van der Waals surface area contributed by atoms with E-state index in [0.29, 0.717) is 20.2 Å². The molecule has 0 aliphatic heterocycles. The van der Waals surface area contributed by atoms with Crippen molar-refractivity contribution in [2.75, 3.05) is 0 Å². The summed E-state index contributed by atoms with van der Waals surface area (Å²) < 4.78 is 17.3. The maximum atomic E-state index is 14.1. The molecule has 1 aromatic carbocycles. The van der Waals surface area contributed by atoms with Crippen LogP contribution in [0.25, 0.3) is 10.9 Å². The van der Waals surface area contributed by atoms with Crippen molar-refractivity contribution < 1.29 is 4.39 Å². The van der Waals surface area contributed by atoms with Crippen molar-refractivity contribution in [2.45, 2.75) is 58.2 Å². The Labute approximate surface area is 142 Å². The highest BCUT2D eigenvalue weighted by molar-refractivity contribution is 14.1. The van der Waals surface area contributed by atoms with Gasteiger partial charge in [-0.15, -0.1) is 0 Å². The maximum absolute atomic E-state index is 14.1. The van der Waals surface area contributed by atoms with Crippen molar-refractivity contribution in [1.82, 2.24) is 4.23 Å². The number of rotatable bonds is 4. The fraction of sp³-hybridized carbons (Fsp3) is 0.529. The molecule has 0 unspecified atom stereocenters. The second kappa shape index (κ2) is 6.03. The van der Waals surface area contributed by atoms with Crippen LogP contribution in [-0.2, 0) is 0 Å². The van der Waals surface area contributed by atoms with Crippen LogP contribution in [0, 0.1) is 9.39 Å². The highest BCUT2D eigenvalue weighted by Gasteiger charge is 2.45. The minimum Gasteiger partial charge on any atom is -0.373 e. The highest BCUT2D eigenvalue weighted by atomic mass is 127. The first-order valence-electron chi connectivity index (χ1n) is 7.69. The first-order chi connectivity index (χ1) is 9.72. The summed E-state index contributed by atoms with van der Waals surface area (Å²) in [5.41, 5.74) is 2.89. The molecule has 2 aromatic rings. The van der Waals surface area contributed by atoms with Crippen LogP contribution in [0.15, 0.2) is 24.4 Å². The van der Waals surface area contributed by atoms with E-state index < -0.39 is 8.24 Å². The van der Waals surface area contributed by atoms with Crippen molar-refractivity contribution >= 4 is 41.7 Å². The van der Waals surface area contributed by atoms with E-state index in [1.165, 1.54) is 0 Å². The fourth-order valence-corrected chi connectivity index (χ4v) is 11.4. The molecule has 1 heterocycles. The number of hydrogen-bond donors (Lipinski definition) is 0. The molecule has 0 saturated heterocycles. The van der Waals surface area contributed by atoms with Gasteiger partial charge in [0.25, 0.3) is 0 Å². The van der Waals surface area contributed by atoms with Crippen molar-refractivity contribution in [3.05, 3.63) is 33.8 Å². The highest BCUT2D eigenvalue weighted by Crippen LogP contribution is 2.44. The summed E-state index contributed by atoms with van der Waals surface area (Å²) in [5.74, 6) is -0.109. The summed E-state index contributed by atoms with van der Waals surface area (Å²) in [7, 11) is -1.81. The normalized spacial score (nSPS) is 13.1. The van der Waals surface area contributed by atoms with E-state index in [0.717, 1.165) is 10.9 Å². The number of aromatic nitrogens is 1. The zero-order valence-corrected chi connectivity index (χ0v) is 16.9. The number of benzene rings is 1. The van der Waals surface area contributed by atoms with Crippen molar-refractivity contribution in [3.63, 3.8) is 0 Å². The van der Waals surface area contributed by atoms with E-state index in [9.17, 15) is 4.39 Å². The molecule has 2 rings (SSSR count). The van der Waals surface area contributed by atoms with Crippen molar-refractivity contribution in [2.24, 2.45) is 0 Å². The lowest BCUT2D eigenvalue weighted by molar-refractivity contribution is 0.621. The van der Waals surface area contributed by atoms with Gasteiger partial charge in [-0.05, 0) is 63.6 Å². The van der Waals surface area contributed by atoms with Crippen molar-refractivity contribution in [1.29, 1.82) is 0 Å². The third kappa shape index (κ3) is 2.58. The Kier molecular flexibility index (Phi) is 4.88. The Hall–Kier alpha value is -0.363. The number of halogens is 2. The lowest BCUT2D eigenvalue weighted by atomic mass is 10.2. The zero-order chi connectivity index (χ0) is 15.9. The van der Waals surface area contributed by atoms with Gasteiger partial charge in [-0.25, -0.2) is 4.39 Å². The molecule has 0 amide bonds. The Morgan fingerprint density at radius 1 is 1.00 bits per heavy atom. The summed E-state index contributed by atoms with van der Waals surface area (Å²) >= 11 is 2.07. The van der Waals surface area contributed by atoms with Crippen LogP contribution in [0.3, 0.4) is 0 Å². The Bertz CT molecular complexity index is 624. The topological polar surface area (TPSA) is 4.93 Å². The average Bonchev–Trinajstić information content (AvgIpc) is 2.73. The van der Waals surface area contributed by atoms with Gasteiger partial charge in [-0.1, -0.05) is 41.5 Å². The largest absolute Gasteiger partial charge is 0.373 e. The maximum Gasteiger partial charge on any atom is 0.169 e. The molecule has 0 bridgehead atoms. The zero-order valence-electron chi connectivity index (χ0n) is 13.7. The number of hydrogen-bond acceptors (Lipinski definition) is 0. The number of fused-ring (bicyclic) bond motifs is 1. The van der Waals surface area contributed by atoms with Gasteiger partial charge < -0.3 is 4.23 Å².